The number of rotatable bonds is 6. The topological polar surface area (TPSA) is 134 Å². The van der Waals surface area contributed by atoms with E-state index in [1.54, 1.807) is 23.2 Å². The van der Waals surface area contributed by atoms with Gasteiger partial charge >= 0.3 is 0 Å². The highest BCUT2D eigenvalue weighted by Gasteiger charge is 2.48. The second kappa shape index (κ2) is 9.87. The Bertz CT molecular complexity index is 1370. The summed E-state index contributed by atoms with van der Waals surface area (Å²) in [6, 6.07) is 7.17. The van der Waals surface area contributed by atoms with Gasteiger partial charge in [0.05, 0.1) is 28.2 Å². The quantitative estimate of drug-likeness (QED) is 0.398. The number of aromatic nitrogens is 3. The van der Waals surface area contributed by atoms with Gasteiger partial charge in [0.1, 0.15) is 11.8 Å². The van der Waals surface area contributed by atoms with Crippen LogP contribution in [0.25, 0.3) is 10.4 Å². The highest BCUT2D eigenvalue weighted by atomic mass is 127. The molecule has 0 aliphatic carbocycles. The minimum atomic E-state index is -1.15. The first-order valence-corrected chi connectivity index (χ1v) is 13.9. The Hall–Kier alpha value is -2.71. The maximum Gasteiger partial charge on any atom is 0.257 e. The third-order valence-electron chi connectivity index (χ3n) is 6.98. The number of hydrogen-bond donors (Lipinski definition) is 2. The average Bonchev–Trinajstić information content (AvgIpc) is 3.62. The van der Waals surface area contributed by atoms with Crippen LogP contribution in [-0.4, -0.2) is 61.5 Å². The number of thiazole rings is 1. The summed E-state index contributed by atoms with van der Waals surface area (Å²) in [6.45, 7) is 7.67. The number of likely N-dealkylation sites (tertiary alicyclic amines) is 1. The van der Waals surface area contributed by atoms with Crippen molar-refractivity contribution in [2.24, 2.45) is 10.9 Å². The van der Waals surface area contributed by atoms with Crippen LogP contribution in [-0.2, 0) is 15.1 Å². The first-order valence-electron chi connectivity index (χ1n) is 12.0. The van der Waals surface area contributed by atoms with Crippen LogP contribution in [0.3, 0.4) is 0 Å². The van der Waals surface area contributed by atoms with E-state index in [0.29, 0.717) is 9.67 Å². The fourth-order valence-electron chi connectivity index (χ4n) is 4.95. The molecule has 194 valence electrons. The number of carbonyl (C=O) groups excluding carboxylic acids is 2. The molecular weight excluding hydrogens is 607 g/mol. The fraction of sp³-hybridized carbons (Fsp3) is 0.440. The number of benzene rings is 1. The number of aryl methyl sites for hydroxylation is 1. The van der Waals surface area contributed by atoms with Crippen molar-refractivity contribution in [1.29, 1.82) is 0 Å². The summed E-state index contributed by atoms with van der Waals surface area (Å²) in [5, 5.41) is 17.2. The van der Waals surface area contributed by atoms with E-state index in [9.17, 15) is 14.7 Å². The number of aliphatic hydroxyl groups is 1. The lowest BCUT2D eigenvalue weighted by Crippen LogP contribution is -2.48. The van der Waals surface area contributed by atoms with Crippen LogP contribution in [0.2, 0.25) is 0 Å². The second-order valence-electron chi connectivity index (χ2n) is 9.89. The van der Waals surface area contributed by atoms with E-state index in [-0.39, 0.29) is 36.6 Å². The molecule has 1 saturated heterocycles. The lowest BCUT2D eigenvalue weighted by Gasteiger charge is -2.28. The zero-order chi connectivity index (χ0) is 26.5. The van der Waals surface area contributed by atoms with Crippen molar-refractivity contribution in [1.82, 2.24) is 25.3 Å². The van der Waals surface area contributed by atoms with Crippen LogP contribution in [0, 0.1) is 16.7 Å². The molecule has 4 heterocycles. The molecule has 2 N–H and O–H groups in total. The van der Waals surface area contributed by atoms with Crippen molar-refractivity contribution in [2.45, 2.75) is 57.7 Å². The molecule has 2 aliphatic heterocycles. The number of nitrogens with zero attached hydrogens (tertiary/aromatic N) is 5. The molecule has 2 unspecified atom stereocenters. The van der Waals surface area contributed by atoms with Gasteiger partial charge in [-0.25, -0.2) is 9.98 Å². The van der Waals surface area contributed by atoms with E-state index < -0.39 is 23.6 Å². The SMILES string of the molecule is Cc1ncsc1-c1ccc([C@]2(C)N=C(C3C[C@@H](O)CN3C(=O)C(c3nc(I)no3)C(C)C)NC2=O)cc1. The Kier molecular flexibility index (Phi) is 6.92. The van der Waals surface area contributed by atoms with Gasteiger partial charge in [-0.05, 0) is 30.9 Å². The number of halogens is 1. The van der Waals surface area contributed by atoms with Gasteiger partial charge in [0, 0.05) is 35.6 Å². The number of hydrogen-bond acceptors (Lipinski definition) is 9. The van der Waals surface area contributed by atoms with Gasteiger partial charge in [-0.3, -0.25) is 9.59 Å². The fourth-order valence-corrected chi connectivity index (χ4v) is 6.10. The van der Waals surface area contributed by atoms with E-state index in [0.717, 1.165) is 21.7 Å². The minimum absolute atomic E-state index is 0.117. The van der Waals surface area contributed by atoms with E-state index in [2.05, 4.69) is 20.4 Å². The van der Waals surface area contributed by atoms with Crippen LogP contribution in [0.15, 0.2) is 39.3 Å². The van der Waals surface area contributed by atoms with Gasteiger partial charge < -0.3 is 19.8 Å². The number of aliphatic hydroxyl groups excluding tert-OH is 1. The number of amides is 2. The van der Waals surface area contributed by atoms with Crippen molar-refractivity contribution in [3.8, 4) is 10.4 Å². The number of aliphatic imine (C=N–C) groups is 1. The smallest absolute Gasteiger partial charge is 0.257 e. The van der Waals surface area contributed by atoms with Crippen LogP contribution in [0.4, 0.5) is 0 Å². The Balaban J connectivity index is 1.43. The van der Waals surface area contributed by atoms with Crippen LogP contribution in [0.5, 0.6) is 0 Å². The van der Waals surface area contributed by atoms with E-state index in [1.807, 2.05) is 73.1 Å². The molecule has 2 aromatic heterocycles. The van der Waals surface area contributed by atoms with E-state index in [4.69, 9.17) is 9.52 Å². The zero-order valence-corrected chi connectivity index (χ0v) is 23.8. The molecule has 0 saturated carbocycles. The molecule has 4 atom stereocenters. The Morgan fingerprint density at radius 2 is 2.05 bits per heavy atom. The highest BCUT2D eigenvalue weighted by Crippen LogP contribution is 2.36. The van der Waals surface area contributed by atoms with Crippen molar-refractivity contribution in [3.05, 3.63) is 50.8 Å². The van der Waals surface area contributed by atoms with Crippen LogP contribution >= 0.6 is 33.9 Å². The van der Waals surface area contributed by atoms with Gasteiger partial charge in [-0.2, -0.15) is 4.98 Å². The van der Waals surface area contributed by atoms with Crippen molar-refractivity contribution < 1.29 is 19.2 Å². The minimum Gasteiger partial charge on any atom is -0.391 e. The normalized spacial score (nSPS) is 24.5. The molecule has 1 aromatic carbocycles. The van der Waals surface area contributed by atoms with Crippen molar-refractivity contribution >= 4 is 51.6 Å². The summed E-state index contributed by atoms with van der Waals surface area (Å²) >= 11 is 3.51. The third-order valence-corrected chi connectivity index (χ3v) is 8.39. The summed E-state index contributed by atoms with van der Waals surface area (Å²) < 4.78 is 5.75. The molecule has 10 nitrogen and oxygen atoms in total. The van der Waals surface area contributed by atoms with E-state index in [1.165, 1.54) is 0 Å². The Morgan fingerprint density at radius 1 is 1.32 bits per heavy atom. The lowest BCUT2D eigenvalue weighted by molar-refractivity contribution is -0.134. The molecule has 37 heavy (non-hydrogen) atoms. The van der Waals surface area contributed by atoms with Gasteiger partial charge in [-0.15, -0.1) is 11.3 Å². The third kappa shape index (κ3) is 4.70. The summed E-state index contributed by atoms with van der Waals surface area (Å²) in [7, 11) is 0. The molecule has 0 spiro atoms. The summed E-state index contributed by atoms with van der Waals surface area (Å²) in [5.41, 5.74) is 3.39. The van der Waals surface area contributed by atoms with Crippen LogP contribution in [0.1, 0.15) is 50.3 Å². The number of β-amino-alcohol motifs (C(OH)–C–C–N with tert-alkyl or cyclic N) is 1. The molecule has 0 bridgehead atoms. The zero-order valence-electron chi connectivity index (χ0n) is 20.8. The number of carbonyl (C=O) groups is 2. The number of amidine groups is 1. The lowest BCUT2D eigenvalue weighted by atomic mass is 9.91. The summed E-state index contributed by atoms with van der Waals surface area (Å²) in [4.78, 5) is 43.0. The van der Waals surface area contributed by atoms with E-state index >= 15 is 0 Å². The van der Waals surface area contributed by atoms with Gasteiger partial charge in [0.25, 0.3) is 5.91 Å². The highest BCUT2D eigenvalue weighted by molar-refractivity contribution is 14.1. The maximum atomic E-state index is 13.7. The molecule has 5 rings (SSSR count). The second-order valence-corrected chi connectivity index (χ2v) is 11.7. The molecule has 0 radical (unpaired) electrons. The summed E-state index contributed by atoms with van der Waals surface area (Å²) in [6.07, 6.45) is -0.463. The first-order chi connectivity index (χ1) is 17.6. The summed E-state index contributed by atoms with van der Waals surface area (Å²) in [5.74, 6) is -0.689. The van der Waals surface area contributed by atoms with Crippen molar-refractivity contribution in [3.63, 3.8) is 0 Å². The predicted octanol–water partition coefficient (Wildman–Crippen LogP) is 3.25. The molecule has 12 heteroatoms. The molecule has 3 aromatic rings. The Labute approximate surface area is 231 Å². The monoisotopic (exact) mass is 634 g/mol. The van der Waals surface area contributed by atoms with Gasteiger partial charge in [-0.1, -0.05) is 43.3 Å². The average molecular weight is 634 g/mol. The van der Waals surface area contributed by atoms with Crippen LogP contribution < -0.4 is 5.32 Å². The standard InChI is InChI=1S/C25H27IN6O4S/c1-12(2)18(21-29-24(26)31-36-21)22(34)32-10-16(33)9-17(32)20-28-23(35)25(4,30-20)15-7-5-14(6-8-15)19-13(3)27-11-37-19/h5-8,11-12,16-18,33H,9-10H2,1-4H3,(H,28,30,35)/t16-,17?,18?,25+/m1/s1. The van der Waals surface area contributed by atoms with Gasteiger partial charge in [0.2, 0.25) is 15.6 Å². The predicted molar refractivity (Wildman–Crippen MR) is 146 cm³/mol. The first kappa shape index (κ1) is 25.9. The Morgan fingerprint density at radius 3 is 2.65 bits per heavy atom. The molecule has 2 aliphatic rings. The largest absolute Gasteiger partial charge is 0.391 e. The molecule has 2 amide bonds. The van der Waals surface area contributed by atoms with Gasteiger partial charge in [0.15, 0.2) is 5.54 Å². The number of nitrogens with one attached hydrogen (secondary N) is 1. The molecule has 1 fully saturated rings. The maximum absolute atomic E-state index is 13.7. The van der Waals surface area contributed by atoms with Crippen molar-refractivity contribution in [2.75, 3.05) is 6.54 Å². The molecular formula is C25H27IN6O4S.